The third-order valence-corrected chi connectivity index (χ3v) is 3.95. The van der Waals surface area contributed by atoms with Crippen molar-refractivity contribution in [3.8, 4) is 0 Å². The van der Waals surface area contributed by atoms with Crippen molar-refractivity contribution in [1.29, 1.82) is 0 Å². The number of hydrogen-bond donors (Lipinski definition) is 1. The van der Waals surface area contributed by atoms with E-state index in [0.717, 1.165) is 18.7 Å². The zero-order chi connectivity index (χ0) is 12.3. The van der Waals surface area contributed by atoms with Gasteiger partial charge in [0, 0.05) is 12.6 Å². The first-order chi connectivity index (χ1) is 8.19. The van der Waals surface area contributed by atoms with E-state index in [-0.39, 0.29) is 11.9 Å². The lowest BCUT2D eigenvalue weighted by Crippen LogP contribution is -2.28. The Labute approximate surface area is 103 Å². The summed E-state index contributed by atoms with van der Waals surface area (Å²) in [6, 6.07) is 3.51. The topological polar surface area (TPSA) is 24.9 Å². The minimum absolute atomic E-state index is 0.250. The maximum atomic E-state index is 12.8. The fourth-order valence-electron chi connectivity index (χ4n) is 2.22. The molecule has 2 rings (SSSR count). The van der Waals surface area contributed by atoms with Crippen LogP contribution in [0.5, 0.6) is 0 Å². The van der Waals surface area contributed by atoms with Gasteiger partial charge in [0.15, 0.2) is 0 Å². The molecule has 0 spiro atoms. The Bertz CT molecular complexity index is 357. The van der Waals surface area contributed by atoms with Crippen LogP contribution in [0.2, 0.25) is 0 Å². The lowest BCUT2D eigenvalue weighted by Gasteiger charge is -2.20. The highest BCUT2D eigenvalue weighted by atomic mass is 19.1. The molecular formula is C14H21FN2. The van der Waals surface area contributed by atoms with Gasteiger partial charge < -0.3 is 5.32 Å². The summed E-state index contributed by atoms with van der Waals surface area (Å²) in [5, 5.41) is 3.57. The van der Waals surface area contributed by atoms with Crippen LogP contribution in [-0.2, 0) is 0 Å². The van der Waals surface area contributed by atoms with Crippen LogP contribution in [0.25, 0.3) is 0 Å². The van der Waals surface area contributed by atoms with Crippen molar-refractivity contribution >= 4 is 0 Å². The van der Waals surface area contributed by atoms with Crippen LogP contribution in [0.3, 0.4) is 0 Å². The van der Waals surface area contributed by atoms with Crippen molar-refractivity contribution < 1.29 is 4.39 Å². The summed E-state index contributed by atoms with van der Waals surface area (Å²) in [4.78, 5) is 4.16. The minimum atomic E-state index is -0.268. The maximum Gasteiger partial charge on any atom is 0.141 e. The zero-order valence-electron chi connectivity index (χ0n) is 10.7. The summed E-state index contributed by atoms with van der Waals surface area (Å²) < 4.78 is 12.8. The molecule has 1 heterocycles. The maximum absolute atomic E-state index is 12.8. The molecule has 3 heteroatoms. The summed E-state index contributed by atoms with van der Waals surface area (Å²) >= 11 is 0. The molecular weight excluding hydrogens is 215 g/mol. The van der Waals surface area contributed by atoms with Gasteiger partial charge in [0.25, 0.3) is 0 Å². The summed E-state index contributed by atoms with van der Waals surface area (Å²) in [6.45, 7) is 5.45. The van der Waals surface area contributed by atoms with E-state index < -0.39 is 0 Å². The molecule has 0 aliphatic heterocycles. The van der Waals surface area contributed by atoms with Crippen LogP contribution in [-0.4, -0.2) is 11.5 Å². The number of aromatic nitrogens is 1. The monoisotopic (exact) mass is 236 g/mol. The fraction of sp³-hybridized carbons (Fsp3) is 0.643. The Morgan fingerprint density at radius 2 is 2.18 bits per heavy atom. The van der Waals surface area contributed by atoms with Crippen LogP contribution in [0.15, 0.2) is 18.3 Å². The first-order valence-electron chi connectivity index (χ1n) is 6.54. The molecule has 1 aliphatic carbocycles. The lowest BCUT2D eigenvalue weighted by molar-refractivity contribution is 0.394. The molecule has 2 nitrogen and oxygen atoms in total. The van der Waals surface area contributed by atoms with E-state index in [1.165, 1.54) is 31.5 Å². The normalized spacial score (nSPS) is 19.0. The number of hydrogen-bond acceptors (Lipinski definition) is 2. The summed E-state index contributed by atoms with van der Waals surface area (Å²) in [5.41, 5.74) is 1.48. The highest BCUT2D eigenvalue weighted by Gasteiger charge is 2.40. The third kappa shape index (κ3) is 3.03. The molecule has 0 radical (unpaired) electrons. The quantitative estimate of drug-likeness (QED) is 0.818. The number of halogens is 1. The summed E-state index contributed by atoms with van der Waals surface area (Å²) in [5.74, 6) is -0.268. The summed E-state index contributed by atoms with van der Waals surface area (Å²) in [7, 11) is 0. The lowest BCUT2D eigenvalue weighted by atomic mass is 10.0. The molecule has 1 N–H and O–H groups in total. The second-order valence-corrected chi connectivity index (χ2v) is 5.10. The molecule has 17 heavy (non-hydrogen) atoms. The van der Waals surface area contributed by atoms with E-state index in [1.54, 1.807) is 6.07 Å². The average molecular weight is 236 g/mol. The molecule has 0 saturated heterocycles. The highest BCUT2D eigenvalue weighted by molar-refractivity contribution is 5.10. The molecule has 1 unspecified atom stereocenters. The van der Waals surface area contributed by atoms with Crippen molar-refractivity contribution in [2.45, 2.75) is 45.6 Å². The Balaban J connectivity index is 1.94. The largest absolute Gasteiger partial charge is 0.308 e. The van der Waals surface area contributed by atoms with Gasteiger partial charge in [-0.15, -0.1) is 0 Å². The molecule has 1 fully saturated rings. The van der Waals surface area contributed by atoms with E-state index in [0.29, 0.717) is 5.41 Å². The first-order valence-corrected chi connectivity index (χ1v) is 6.54. The molecule has 0 bridgehead atoms. The van der Waals surface area contributed by atoms with Crippen LogP contribution in [0.4, 0.5) is 4.39 Å². The van der Waals surface area contributed by atoms with Gasteiger partial charge in [-0.2, -0.15) is 0 Å². The van der Waals surface area contributed by atoms with Crippen LogP contribution < -0.4 is 5.32 Å². The number of rotatable bonds is 6. The van der Waals surface area contributed by atoms with Crippen molar-refractivity contribution in [2.75, 3.05) is 6.54 Å². The van der Waals surface area contributed by atoms with E-state index in [2.05, 4.69) is 24.1 Å². The standard InChI is InChI=1S/C14H21FN2/c1-3-12(13-6-5-11(15)9-16-13)17-10-14(4-2)7-8-14/h5-6,9,12,17H,3-4,7-8,10H2,1-2H3. The smallest absolute Gasteiger partial charge is 0.141 e. The van der Waals surface area contributed by atoms with Crippen LogP contribution in [0, 0.1) is 11.2 Å². The van der Waals surface area contributed by atoms with Gasteiger partial charge in [-0.1, -0.05) is 13.8 Å². The predicted molar refractivity (Wildman–Crippen MR) is 67.2 cm³/mol. The van der Waals surface area contributed by atoms with E-state index in [1.807, 2.05) is 0 Å². The number of nitrogens with one attached hydrogen (secondary N) is 1. The molecule has 1 atom stereocenters. The molecule has 0 amide bonds. The highest BCUT2D eigenvalue weighted by Crippen LogP contribution is 2.48. The Morgan fingerprint density at radius 1 is 1.41 bits per heavy atom. The van der Waals surface area contributed by atoms with Gasteiger partial charge >= 0.3 is 0 Å². The van der Waals surface area contributed by atoms with Crippen molar-refractivity contribution in [3.63, 3.8) is 0 Å². The van der Waals surface area contributed by atoms with Gasteiger partial charge in [-0.05, 0) is 43.2 Å². The van der Waals surface area contributed by atoms with Gasteiger partial charge in [-0.3, -0.25) is 4.98 Å². The molecule has 1 aromatic heterocycles. The number of pyridine rings is 1. The van der Waals surface area contributed by atoms with Crippen molar-refractivity contribution in [3.05, 3.63) is 29.8 Å². The average Bonchev–Trinajstić information content (AvgIpc) is 3.13. The predicted octanol–water partition coefficient (Wildman–Crippen LogP) is 3.45. The fourth-order valence-corrected chi connectivity index (χ4v) is 2.22. The van der Waals surface area contributed by atoms with Gasteiger partial charge in [0.2, 0.25) is 0 Å². The van der Waals surface area contributed by atoms with Crippen LogP contribution in [0.1, 0.15) is 51.3 Å². The molecule has 94 valence electrons. The summed E-state index contributed by atoms with van der Waals surface area (Å²) in [6.07, 6.45) is 6.20. The number of nitrogens with zero attached hydrogens (tertiary/aromatic N) is 1. The minimum Gasteiger partial charge on any atom is -0.308 e. The van der Waals surface area contributed by atoms with Gasteiger partial charge in [0.1, 0.15) is 5.82 Å². The Morgan fingerprint density at radius 3 is 2.65 bits per heavy atom. The molecule has 1 saturated carbocycles. The molecule has 0 aromatic carbocycles. The molecule has 1 aromatic rings. The van der Waals surface area contributed by atoms with E-state index in [9.17, 15) is 4.39 Å². The van der Waals surface area contributed by atoms with E-state index in [4.69, 9.17) is 0 Å². The van der Waals surface area contributed by atoms with Gasteiger partial charge in [-0.25, -0.2) is 4.39 Å². The van der Waals surface area contributed by atoms with Gasteiger partial charge in [0.05, 0.1) is 11.9 Å². The Hall–Kier alpha value is -0.960. The third-order valence-electron chi connectivity index (χ3n) is 3.95. The Kier molecular flexibility index (Phi) is 3.77. The van der Waals surface area contributed by atoms with E-state index >= 15 is 0 Å². The molecule has 1 aliphatic rings. The SMILES string of the molecule is CCC(NCC1(CC)CC1)c1ccc(F)cn1. The van der Waals surface area contributed by atoms with Crippen molar-refractivity contribution in [2.24, 2.45) is 5.41 Å². The van der Waals surface area contributed by atoms with Crippen molar-refractivity contribution in [1.82, 2.24) is 10.3 Å². The zero-order valence-corrected chi connectivity index (χ0v) is 10.7. The second-order valence-electron chi connectivity index (χ2n) is 5.10. The second kappa shape index (κ2) is 5.13. The van der Waals surface area contributed by atoms with Crippen LogP contribution >= 0.6 is 0 Å². The first kappa shape index (κ1) is 12.5.